The third-order valence-corrected chi connectivity index (χ3v) is 8.25. The van der Waals surface area contributed by atoms with Gasteiger partial charge in [0.15, 0.2) is 15.7 Å². The normalized spacial score (nSPS) is 15.7. The van der Waals surface area contributed by atoms with E-state index < -0.39 is 14.6 Å². The van der Waals surface area contributed by atoms with E-state index in [1.54, 1.807) is 24.3 Å². The highest BCUT2D eigenvalue weighted by Gasteiger charge is 2.51. The van der Waals surface area contributed by atoms with Crippen LogP contribution < -0.4 is 21.7 Å². The third kappa shape index (κ3) is 6.98. The zero-order valence-electron chi connectivity index (χ0n) is 19.6. The van der Waals surface area contributed by atoms with Gasteiger partial charge in [0.05, 0.1) is 18.1 Å². The fourth-order valence-electron chi connectivity index (χ4n) is 3.64. The SMILES string of the molecule is C/C=C(\C=C/CNC(=O)NCCN)c1nc(NCCO)cc(C2(S(=O)(=O)CCCO)CCC2)n1. The van der Waals surface area contributed by atoms with Crippen molar-refractivity contribution in [1.82, 2.24) is 20.6 Å². The van der Waals surface area contributed by atoms with Crippen molar-refractivity contribution >= 4 is 27.3 Å². The van der Waals surface area contributed by atoms with E-state index in [-0.39, 0.29) is 44.5 Å². The van der Waals surface area contributed by atoms with Crippen LogP contribution in [0, 0.1) is 0 Å². The smallest absolute Gasteiger partial charge is 0.315 e. The number of urea groups is 1. The number of amides is 2. The zero-order valence-corrected chi connectivity index (χ0v) is 20.4. The number of aliphatic hydroxyl groups excluding tert-OH is 2. The molecule has 0 radical (unpaired) electrons. The first-order valence-corrected chi connectivity index (χ1v) is 13.1. The molecular weight excluding hydrogens is 460 g/mol. The monoisotopic (exact) mass is 496 g/mol. The number of sulfone groups is 1. The van der Waals surface area contributed by atoms with Crippen LogP contribution in [0.3, 0.4) is 0 Å². The Kier molecular flexibility index (Phi) is 10.9. The highest BCUT2D eigenvalue weighted by molar-refractivity contribution is 7.92. The Labute approximate surface area is 200 Å². The Bertz CT molecular complexity index is 976. The highest BCUT2D eigenvalue weighted by atomic mass is 32.2. The van der Waals surface area contributed by atoms with Crippen molar-refractivity contribution in [2.24, 2.45) is 5.73 Å². The van der Waals surface area contributed by atoms with E-state index in [4.69, 9.17) is 10.8 Å². The maximum absolute atomic E-state index is 13.2. The standard InChI is InChI=1S/C22H36N6O5S/c1-2-17(6-3-10-25-21(31)26-11-9-23)20-27-18(16-19(28-20)24-12-14-30)22(7-4-8-22)34(32,33)15-5-13-29/h2-3,6,16,29-30H,4-5,7-15,23H2,1H3,(H,24,27,28)(H2,25,26,31)/b6-3-,17-2+. The molecule has 1 fully saturated rings. The van der Waals surface area contributed by atoms with Crippen molar-refractivity contribution in [3.8, 4) is 0 Å². The number of hydrogen-bond acceptors (Lipinski definition) is 9. The lowest BCUT2D eigenvalue weighted by atomic mass is 9.81. The Morgan fingerprint density at radius 1 is 1.21 bits per heavy atom. The van der Waals surface area contributed by atoms with E-state index in [1.165, 1.54) is 0 Å². The minimum atomic E-state index is -3.55. The van der Waals surface area contributed by atoms with Crippen LogP contribution >= 0.6 is 0 Å². The van der Waals surface area contributed by atoms with Crippen LogP contribution in [0.5, 0.6) is 0 Å². The molecule has 1 saturated carbocycles. The summed E-state index contributed by atoms with van der Waals surface area (Å²) in [4.78, 5) is 20.8. The van der Waals surface area contributed by atoms with Crippen molar-refractivity contribution in [2.75, 3.05) is 50.5 Å². The number of carbonyl (C=O) groups excluding carboxylic acids is 1. The molecule has 11 nitrogen and oxygen atoms in total. The molecule has 0 aromatic carbocycles. The highest BCUT2D eigenvalue weighted by Crippen LogP contribution is 2.48. The Balaban J connectivity index is 2.34. The Hall–Kier alpha value is -2.54. The van der Waals surface area contributed by atoms with Crippen LogP contribution in [-0.4, -0.2) is 79.8 Å². The maximum atomic E-state index is 13.2. The molecular formula is C22H36N6O5S. The molecule has 1 aromatic rings. The Morgan fingerprint density at radius 3 is 2.56 bits per heavy atom. The molecule has 2 rings (SSSR count). The van der Waals surface area contributed by atoms with Gasteiger partial charge < -0.3 is 31.9 Å². The number of carbonyl (C=O) groups is 1. The summed E-state index contributed by atoms with van der Waals surface area (Å²) in [5.74, 6) is 0.647. The average molecular weight is 497 g/mol. The van der Waals surface area contributed by atoms with Crippen molar-refractivity contribution in [3.63, 3.8) is 0 Å². The van der Waals surface area contributed by atoms with Crippen LogP contribution in [0.25, 0.3) is 5.57 Å². The predicted octanol–water partition coefficient (Wildman–Crippen LogP) is 0.275. The molecule has 34 heavy (non-hydrogen) atoms. The molecule has 0 atom stereocenters. The van der Waals surface area contributed by atoms with Gasteiger partial charge >= 0.3 is 6.03 Å². The number of rotatable bonds is 14. The van der Waals surface area contributed by atoms with E-state index in [1.807, 2.05) is 6.92 Å². The lowest BCUT2D eigenvalue weighted by molar-refractivity contribution is 0.242. The predicted molar refractivity (Wildman–Crippen MR) is 132 cm³/mol. The van der Waals surface area contributed by atoms with Crippen LogP contribution in [0.1, 0.15) is 44.1 Å². The molecule has 1 aromatic heterocycles. The summed E-state index contributed by atoms with van der Waals surface area (Å²) in [5, 5.41) is 26.7. The topological polar surface area (TPSA) is 180 Å². The maximum Gasteiger partial charge on any atom is 0.315 e. The summed E-state index contributed by atoms with van der Waals surface area (Å²) in [5.41, 5.74) is 6.42. The minimum absolute atomic E-state index is 0.108. The first-order chi connectivity index (χ1) is 16.3. The fourth-order valence-corrected chi connectivity index (χ4v) is 5.88. The molecule has 12 heteroatoms. The number of nitrogens with two attached hydrogens (primary N) is 1. The van der Waals surface area contributed by atoms with Crippen LogP contribution in [0.15, 0.2) is 24.3 Å². The fraction of sp³-hybridized carbons (Fsp3) is 0.591. The molecule has 2 amide bonds. The quantitative estimate of drug-likeness (QED) is 0.197. The lowest BCUT2D eigenvalue weighted by Crippen LogP contribution is -2.44. The molecule has 7 N–H and O–H groups in total. The number of aromatic nitrogens is 2. The number of anilines is 1. The average Bonchev–Trinajstić information content (AvgIpc) is 2.79. The number of nitrogens with one attached hydrogen (secondary N) is 3. The van der Waals surface area contributed by atoms with Gasteiger partial charge in [-0.1, -0.05) is 18.2 Å². The largest absolute Gasteiger partial charge is 0.396 e. The number of nitrogens with zero attached hydrogens (tertiary/aromatic N) is 2. The summed E-state index contributed by atoms with van der Waals surface area (Å²) in [6.45, 7) is 2.76. The molecule has 0 bridgehead atoms. The van der Waals surface area contributed by atoms with E-state index in [0.717, 1.165) is 6.42 Å². The van der Waals surface area contributed by atoms with Gasteiger partial charge in [0.25, 0.3) is 0 Å². The van der Waals surface area contributed by atoms with E-state index in [0.29, 0.717) is 48.8 Å². The zero-order chi connectivity index (χ0) is 25.0. The Morgan fingerprint density at radius 2 is 1.97 bits per heavy atom. The van der Waals surface area contributed by atoms with E-state index in [2.05, 4.69) is 25.9 Å². The second-order valence-electron chi connectivity index (χ2n) is 7.93. The number of allylic oxidation sites excluding steroid dienone is 3. The first kappa shape index (κ1) is 27.7. The summed E-state index contributed by atoms with van der Waals surface area (Å²) < 4.78 is 25.3. The second-order valence-corrected chi connectivity index (χ2v) is 10.3. The molecule has 0 saturated heterocycles. The van der Waals surface area contributed by atoms with Gasteiger partial charge in [-0.05, 0) is 32.6 Å². The molecule has 0 unspecified atom stereocenters. The van der Waals surface area contributed by atoms with Crippen molar-refractivity contribution < 1.29 is 23.4 Å². The third-order valence-electron chi connectivity index (χ3n) is 5.62. The van der Waals surface area contributed by atoms with Gasteiger partial charge in [0, 0.05) is 44.4 Å². The van der Waals surface area contributed by atoms with Gasteiger partial charge in [-0.3, -0.25) is 0 Å². The molecule has 190 valence electrons. The van der Waals surface area contributed by atoms with Crippen LogP contribution in [0.2, 0.25) is 0 Å². The van der Waals surface area contributed by atoms with Crippen molar-refractivity contribution in [1.29, 1.82) is 0 Å². The molecule has 0 aliphatic heterocycles. The lowest BCUT2D eigenvalue weighted by Gasteiger charge is -2.40. The van der Waals surface area contributed by atoms with E-state index >= 15 is 0 Å². The van der Waals surface area contributed by atoms with Gasteiger partial charge in [-0.2, -0.15) is 0 Å². The number of hydrogen-bond donors (Lipinski definition) is 6. The van der Waals surface area contributed by atoms with Gasteiger partial charge in [-0.25, -0.2) is 23.2 Å². The number of aliphatic hydroxyl groups is 2. The van der Waals surface area contributed by atoms with Crippen LogP contribution in [0.4, 0.5) is 10.6 Å². The first-order valence-electron chi connectivity index (χ1n) is 11.5. The molecule has 0 spiro atoms. The van der Waals surface area contributed by atoms with Crippen molar-refractivity contribution in [2.45, 2.75) is 37.4 Å². The minimum Gasteiger partial charge on any atom is -0.396 e. The summed E-state index contributed by atoms with van der Waals surface area (Å²) in [6, 6.07) is 1.31. The summed E-state index contributed by atoms with van der Waals surface area (Å²) in [7, 11) is -3.55. The molecule has 1 heterocycles. The van der Waals surface area contributed by atoms with Gasteiger partial charge in [0.1, 0.15) is 10.6 Å². The summed E-state index contributed by atoms with van der Waals surface area (Å²) in [6.07, 6.45) is 7.15. The molecule has 1 aliphatic carbocycles. The van der Waals surface area contributed by atoms with Gasteiger partial charge in [-0.15, -0.1) is 0 Å². The molecule has 1 aliphatic rings. The van der Waals surface area contributed by atoms with Crippen molar-refractivity contribution in [3.05, 3.63) is 35.8 Å². The van der Waals surface area contributed by atoms with E-state index in [9.17, 15) is 18.3 Å². The van der Waals surface area contributed by atoms with Gasteiger partial charge in [0.2, 0.25) is 0 Å². The summed E-state index contributed by atoms with van der Waals surface area (Å²) >= 11 is 0. The van der Waals surface area contributed by atoms with Crippen LogP contribution in [-0.2, 0) is 14.6 Å². The second kappa shape index (κ2) is 13.4.